The third-order valence-corrected chi connectivity index (χ3v) is 21.3. The first-order chi connectivity index (χ1) is 8.73. The Morgan fingerprint density at radius 1 is 0.909 bits per heavy atom. The Kier molecular flexibility index (Phi) is 5.68. The van der Waals surface area contributed by atoms with Crippen molar-refractivity contribution in [2.75, 3.05) is 0 Å². The predicted octanol–water partition coefficient (Wildman–Crippen LogP) is 0.419. The molecule has 0 bridgehead atoms. The van der Waals surface area contributed by atoms with Gasteiger partial charge >= 0.3 is 125 Å². The molecule has 1 heterocycles. The molecule has 1 aromatic heterocycles. The zero-order chi connectivity index (χ0) is 15.6. The maximum absolute atomic E-state index is 3.37. The van der Waals surface area contributed by atoms with Crippen LogP contribution in [0.3, 0.4) is 0 Å². The Hall–Kier alpha value is 0.554. The summed E-state index contributed by atoms with van der Waals surface area (Å²) in [7, 11) is 0.881. The molecule has 4 heteroatoms. The van der Waals surface area contributed by atoms with Gasteiger partial charge in [-0.15, -0.1) is 0 Å². The summed E-state index contributed by atoms with van der Waals surface area (Å²) in [6.45, 7) is 11.9. The minimum Gasteiger partial charge on any atom is -1.00 e. The van der Waals surface area contributed by atoms with E-state index in [-0.39, 0.29) is 30.2 Å². The van der Waals surface area contributed by atoms with Crippen molar-refractivity contribution in [2.45, 2.75) is 55.5 Å². The van der Waals surface area contributed by atoms with E-state index in [2.05, 4.69) is 73.5 Å². The van der Waals surface area contributed by atoms with Crippen molar-refractivity contribution < 1.29 is 38.8 Å². The minimum atomic E-state index is -3.37. The van der Waals surface area contributed by atoms with Crippen LogP contribution in [-0.4, -0.2) is 0 Å². The first kappa shape index (κ1) is 22.6. The molecule has 0 saturated heterocycles. The van der Waals surface area contributed by atoms with E-state index in [4.69, 9.17) is 0 Å². The van der Waals surface area contributed by atoms with Crippen LogP contribution in [0.4, 0.5) is 0 Å². The summed E-state index contributed by atoms with van der Waals surface area (Å²) in [5.41, 5.74) is 4.88. The second kappa shape index (κ2) is 5.54. The molecule has 0 aliphatic heterocycles. The third-order valence-electron chi connectivity index (χ3n) is 6.00. The van der Waals surface area contributed by atoms with E-state index in [1.807, 2.05) is 0 Å². The Labute approximate surface area is 149 Å². The van der Waals surface area contributed by atoms with E-state index in [1.54, 1.807) is 18.6 Å². The molecule has 1 unspecified atom stereocenters. The first-order valence-electron chi connectivity index (χ1n) is 7.74. The Morgan fingerprint density at radius 3 is 1.73 bits per heavy atom. The summed E-state index contributed by atoms with van der Waals surface area (Å²) >= 11 is -3.37. The van der Waals surface area contributed by atoms with Gasteiger partial charge in [-0.3, -0.25) is 0 Å². The van der Waals surface area contributed by atoms with Crippen molar-refractivity contribution >= 4 is 11.8 Å². The van der Waals surface area contributed by atoms with Crippen LogP contribution in [0.25, 0.3) is 0 Å². The molecular formula is C18H31Cl2PTi. The van der Waals surface area contributed by atoms with Gasteiger partial charge in [-0.2, -0.15) is 0 Å². The molecule has 1 aliphatic rings. The van der Waals surface area contributed by atoms with Gasteiger partial charge in [0.05, 0.1) is 0 Å². The summed E-state index contributed by atoms with van der Waals surface area (Å²) in [5.74, 6) is 2.35. The van der Waals surface area contributed by atoms with Gasteiger partial charge in [0.25, 0.3) is 0 Å². The SMILES string of the molecule is CC1=C(C)C(C)(C)[C]([Ti+2]([CH3])([CH3])([CH3])([CH3])[c]2ccc[pH]2)=C1C.[Cl-].[Cl-]. The summed E-state index contributed by atoms with van der Waals surface area (Å²) in [6, 6.07) is 4.69. The second-order valence-corrected chi connectivity index (χ2v) is 29.7. The molecule has 1 atom stereocenters. The first-order valence-corrected chi connectivity index (χ1v) is 16.6. The molecule has 0 radical (unpaired) electrons. The number of halogens is 2. The normalized spacial score (nSPS) is 19.7. The molecule has 0 aromatic carbocycles. The zero-order valence-corrected chi connectivity index (χ0v) is 19.6. The van der Waals surface area contributed by atoms with Crippen LogP contribution in [0.2, 0.25) is 20.9 Å². The summed E-state index contributed by atoms with van der Waals surface area (Å²) in [6.07, 6.45) is 0. The number of hydrogen-bond acceptors (Lipinski definition) is 0. The fourth-order valence-electron chi connectivity index (χ4n) is 5.01. The largest absolute Gasteiger partial charge is 1.00 e. The van der Waals surface area contributed by atoms with Gasteiger partial charge in [0, 0.05) is 0 Å². The smallest absolute Gasteiger partial charge is 1.00 e. The zero-order valence-electron chi connectivity index (χ0n) is 15.5. The molecule has 0 saturated carbocycles. The van der Waals surface area contributed by atoms with E-state index in [9.17, 15) is 0 Å². The Morgan fingerprint density at radius 2 is 1.41 bits per heavy atom. The van der Waals surface area contributed by atoms with Crippen LogP contribution < -0.4 is 28.4 Å². The van der Waals surface area contributed by atoms with Crippen molar-refractivity contribution in [1.29, 1.82) is 0 Å². The average molecular weight is 397 g/mol. The van der Waals surface area contributed by atoms with Crippen LogP contribution in [-0.2, 0) is 14.0 Å². The average Bonchev–Trinajstić information content (AvgIpc) is 2.82. The monoisotopic (exact) mass is 396 g/mol. The van der Waals surface area contributed by atoms with Gasteiger partial charge in [-0.1, -0.05) is 0 Å². The Bertz CT molecular complexity index is 640. The van der Waals surface area contributed by atoms with E-state index >= 15 is 0 Å². The van der Waals surface area contributed by atoms with Crippen molar-refractivity contribution in [1.82, 2.24) is 0 Å². The molecule has 0 N–H and O–H groups in total. The second-order valence-electron chi connectivity index (χ2n) is 10.1. The fraction of sp³-hybridized carbons (Fsp3) is 0.556. The quantitative estimate of drug-likeness (QED) is 0.635. The topological polar surface area (TPSA) is 0 Å². The van der Waals surface area contributed by atoms with Crippen LogP contribution in [0.1, 0.15) is 34.6 Å². The number of allylic oxidation sites excluding steroid dienone is 4. The maximum atomic E-state index is 2.62. The van der Waals surface area contributed by atoms with E-state index < -0.39 is 14.0 Å². The van der Waals surface area contributed by atoms with E-state index in [0.29, 0.717) is 0 Å². The van der Waals surface area contributed by atoms with E-state index in [1.165, 1.54) is 5.57 Å². The minimum absolute atomic E-state index is 0. The molecule has 1 aliphatic carbocycles. The molecule has 0 fully saturated rings. The van der Waals surface area contributed by atoms with Gasteiger partial charge in [0.1, 0.15) is 0 Å². The Balaban J connectivity index is 0.00000220. The van der Waals surface area contributed by atoms with Crippen molar-refractivity contribution in [3.8, 4) is 0 Å². The van der Waals surface area contributed by atoms with Crippen molar-refractivity contribution in [3.05, 3.63) is 38.5 Å². The third kappa shape index (κ3) is 2.96. The molecule has 0 nitrogen and oxygen atoms in total. The van der Waals surface area contributed by atoms with Crippen LogP contribution in [0.5, 0.6) is 0 Å². The van der Waals surface area contributed by atoms with Crippen molar-refractivity contribution in [2.24, 2.45) is 5.41 Å². The van der Waals surface area contributed by atoms with E-state index in [0.717, 1.165) is 8.19 Å². The van der Waals surface area contributed by atoms with Gasteiger partial charge in [-0.05, 0) is 0 Å². The fourth-order valence-corrected chi connectivity index (χ4v) is 19.5. The van der Waals surface area contributed by atoms with Gasteiger partial charge in [0.15, 0.2) is 0 Å². The van der Waals surface area contributed by atoms with Gasteiger partial charge in [0.2, 0.25) is 0 Å². The number of hydrogen-bond donors (Lipinski definition) is 0. The molecule has 1 aromatic rings. The molecule has 0 spiro atoms. The molecule has 22 heavy (non-hydrogen) atoms. The van der Waals surface area contributed by atoms with Gasteiger partial charge in [-0.25, -0.2) is 0 Å². The predicted molar refractivity (Wildman–Crippen MR) is 93.9 cm³/mol. The summed E-state index contributed by atoms with van der Waals surface area (Å²) in [4.78, 5) is 0. The van der Waals surface area contributed by atoms with Gasteiger partial charge < -0.3 is 24.8 Å². The van der Waals surface area contributed by atoms with Crippen LogP contribution in [0.15, 0.2) is 38.5 Å². The maximum Gasteiger partial charge on any atom is -1.00 e. The van der Waals surface area contributed by atoms with Crippen LogP contribution >= 0.6 is 8.19 Å². The molecule has 126 valence electrons. The standard InChI is InChI=1S/C10H15.C4H4P.4CH3.2ClH.Ti/c1-7-6-10(4,5)9(3)8(7)2;1-2-4-5-3-1;;;;;;;/h1-5H3;1-3,5H;4*1H3;2*1H;/q;;;;;;;;+2/p-2. The summed E-state index contributed by atoms with van der Waals surface area (Å²) < 4.78 is 3.50. The molecule has 0 amide bonds. The van der Waals surface area contributed by atoms with Crippen molar-refractivity contribution in [3.63, 3.8) is 0 Å². The molecular weight excluding hydrogens is 366 g/mol. The molecule has 2 rings (SSSR count). The van der Waals surface area contributed by atoms with Crippen LogP contribution in [0, 0.1) is 5.41 Å². The number of rotatable bonds is 2. The summed E-state index contributed by atoms with van der Waals surface area (Å²) in [5, 5.41) is 10.5.